The Labute approximate surface area is 143 Å². The topological polar surface area (TPSA) is 59.0 Å². The van der Waals surface area contributed by atoms with Crippen LogP contribution < -0.4 is 0 Å². The van der Waals surface area contributed by atoms with Crippen LogP contribution in [0.5, 0.6) is 0 Å². The fourth-order valence-corrected chi connectivity index (χ4v) is 3.12. The molecule has 0 saturated heterocycles. The number of aliphatic hydroxyl groups excluding tert-OH is 1. The number of ether oxygens (including phenoxy) is 1. The first-order valence-electron chi connectivity index (χ1n) is 8.09. The lowest BCUT2D eigenvalue weighted by Crippen LogP contribution is -2.45. The van der Waals surface area contributed by atoms with Gasteiger partial charge in [0, 0.05) is 7.11 Å². The Morgan fingerprint density at radius 1 is 1.12 bits per heavy atom. The lowest BCUT2D eigenvalue weighted by molar-refractivity contribution is -0.276. The summed E-state index contributed by atoms with van der Waals surface area (Å²) in [5.41, 5.74) is 4.37. The molecule has 1 unspecified atom stereocenters. The van der Waals surface area contributed by atoms with E-state index in [4.69, 9.17) is 9.57 Å². The average Bonchev–Trinajstić information content (AvgIpc) is 2.67. The summed E-state index contributed by atoms with van der Waals surface area (Å²) in [7, 11) is 1.50. The molecule has 1 aliphatic rings. The van der Waals surface area contributed by atoms with Crippen LogP contribution in [-0.4, -0.2) is 35.0 Å². The molecule has 24 heavy (non-hydrogen) atoms. The Morgan fingerprint density at radius 3 is 2.25 bits per heavy atom. The van der Waals surface area contributed by atoms with Crippen molar-refractivity contribution in [1.29, 1.82) is 0 Å². The molecule has 1 aromatic rings. The molecule has 5 heteroatoms. The van der Waals surface area contributed by atoms with Gasteiger partial charge in [-0.25, -0.2) is 9.90 Å². The van der Waals surface area contributed by atoms with Gasteiger partial charge in [-0.2, -0.15) is 0 Å². The third kappa shape index (κ3) is 2.72. The summed E-state index contributed by atoms with van der Waals surface area (Å²) in [6.07, 6.45) is -0.595. The summed E-state index contributed by atoms with van der Waals surface area (Å²) in [6.45, 7) is 13.2. The summed E-state index contributed by atoms with van der Waals surface area (Å²) in [5, 5.41) is 12.0. The van der Waals surface area contributed by atoms with Crippen LogP contribution in [0.1, 0.15) is 48.6 Å². The van der Waals surface area contributed by atoms with E-state index < -0.39 is 11.8 Å². The monoisotopic (exact) mass is 333 g/mol. The highest BCUT2D eigenvalue weighted by Gasteiger charge is 2.48. The highest BCUT2D eigenvalue weighted by Crippen LogP contribution is 2.41. The van der Waals surface area contributed by atoms with Crippen LogP contribution in [0.4, 0.5) is 0 Å². The van der Waals surface area contributed by atoms with Gasteiger partial charge in [0.1, 0.15) is 11.3 Å². The predicted octanol–water partition coefficient (Wildman–Crippen LogP) is 3.73. The highest BCUT2D eigenvalue weighted by atomic mass is 16.8. The Balaban J connectivity index is 2.62. The number of carbonyl (C=O) groups excluding carboxylic acids is 1. The van der Waals surface area contributed by atoms with Crippen molar-refractivity contribution in [3.63, 3.8) is 0 Å². The molecule has 0 radical (unpaired) electrons. The summed E-state index contributed by atoms with van der Waals surface area (Å²) in [4.78, 5) is 18.6. The molecule has 0 saturated carbocycles. The first-order valence-corrected chi connectivity index (χ1v) is 8.09. The summed E-state index contributed by atoms with van der Waals surface area (Å²) >= 11 is 0. The zero-order chi connectivity index (χ0) is 18.4. The van der Waals surface area contributed by atoms with Gasteiger partial charge in [0.2, 0.25) is 0 Å². The largest absolute Gasteiger partial charge is 0.509 e. The van der Waals surface area contributed by atoms with Crippen molar-refractivity contribution < 1.29 is 19.5 Å². The number of benzene rings is 1. The van der Waals surface area contributed by atoms with Crippen molar-refractivity contribution in [2.24, 2.45) is 0 Å². The number of nitrogens with zero attached hydrogens (tertiary/aromatic N) is 1. The van der Waals surface area contributed by atoms with Crippen molar-refractivity contribution >= 4 is 11.5 Å². The van der Waals surface area contributed by atoms with Crippen LogP contribution in [0.25, 0.3) is 5.57 Å². The maximum atomic E-state index is 13.0. The minimum atomic E-state index is -0.961. The van der Waals surface area contributed by atoms with E-state index in [1.807, 2.05) is 33.8 Å². The Morgan fingerprint density at radius 2 is 1.71 bits per heavy atom. The van der Waals surface area contributed by atoms with Gasteiger partial charge in [-0.05, 0) is 76.3 Å². The fourth-order valence-electron chi connectivity index (χ4n) is 3.12. The fraction of sp³-hybridized carbons (Fsp3) is 0.526. The Kier molecular flexibility index (Phi) is 4.79. The van der Waals surface area contributed by atoms with Crippen molar-refractivity contribution in [3.05, 3.63) is 39.6 Å². The van der Waals surface area contributed by atoms with E-state index in [2.05, 4.69) is 0 Å². The molecule has 1 aromatic carbocycles. The maximum absolute atomic E-state index is 13.0. The van der Waals surface area contributed by atoms with E-state index >= 15 is 0 Å². The van der Waals surface area contributed by atoms with Gasteiger partial charge in [-0.15, -0.1) is 0 Å². The highest BCUT2D eigenvalue weighted by molar-refractivity contribution is 6.23. The van der Waals surface area contributed by atoms with E-state index in [0.717, 1.165) is 22.3 Å². The molecule has 1 amide bonds. The van der Waals surface area contributed by atoms with Crippen LogP contribution >= 0.6 is 0 Å². The smallest absolute Gasteiger partial charge is 0.282 e. The molecule has 5 nitrogen and oxygen atoms in total. The van der Waals surface area contributed by atoms with Crippen LogP contribution in [0.2, 0.25) is 0 Å². The van der Waals surface area contributed by atoms with E-state index in [0.29, 0.717) is 5.57 Å². The zero-order valence-corrected chi connectivity index (χ0v) is 15.8. The Hall–Kier alpha value is -1.85. The van der Waals surface area contributed by atoms with Gasteiger partial charge in [0.25, 0.3) is 5.91 Å². The number of rotatable bonds is 4. The number of hydrogen-bond acceptors (Lipinski definition) is 4. The molecule has 0 spiro atoms. The lowest BCUT2D eigenvalue weighted by atomic mass is 9.88. The average molecular weight is 333 g/mol. The molecule has 0 fully saturated rings. The SMILES string of the molecule is COC(C)ON1C(=O)C(c2c(C)cc(C)c(C)c2C)=C(O)C1(C)C. The molecule has 0 bridgehead atoms. The van der Waals surface area contributed by atoms with Crippen molar-refractivity contribution in [3.8, 4) is 0 Å². The molecule has 0 aromatic heterocycles. The van der Waals surface area contributed by atoms with Crippen molar-refractivity contribution in [1.82, 2.24) is 5.06 Å². The number of hydrogen-bond donors (Lipinski definition) is 1. The number of amides is 1. The lowest BCUT2D eigenvalue weighted by Gasteiger charge is -2.32. The first-order chi connectivity index (χ1) is 11.0. The molecule has 1 atom stereocenters. The third-order valence-electron chi connectivity index (χ3n) is 4.91. The van der Waals surface area contributed by atoms with E-state index in [-0.39, 0.29) is 11.7 Å². The summed E-state index contributed by atoms with van der Waals surface area (Å²) in [5.74, 6) is -0.332. The van der Waals surface area contributed by atoms with Crippen molar-refractivity contribution in [2.45, 2.75) is 60.3 Å². The van der Waals surface area contributed by atoms with Gasteiger partial charge in [0.15, 0.2) is 6.29 Å². The molecule has 1 N–H and O–H groups in total. The van der Waals surface area contributed by atoms with Crippen molar-refractivity contribution in [2.75, 3.05) is 7.11 Å². The zero-order valence-electron chi connectivity index (χ0n) is 15.8. The standard InChI is InChI=1S/C19H27NO4/c1-10-9-11(2)15(13(4)12(10)3)16-17(21)19(6,7)20(18(16)22)24-14(5)23-8/h9,14,21H,1-8H3. The van der Waals surface area contributed by atoms with Gasteiger partial charge in [-0.3, -0.25) is 4.79 Å². The van der Waals surface area contributed by atoms with Gasteiger partial charge >= 0.3 is 0 Å². The molecule has 0 aliphatic carbocycles. The molecular formula is C19H27NO4. The maximum Gasteiger partial charge on any atom is 0.282 e. The number of aryl methyl sites for hydroxylation is 2. The van der Waals surface area contributed by atoms with Crippen LogP contribution in [0.15, 0.2) is 11.8 Å². The minimum Gasteiger partial charge on any atom is -0.509 e. The minimum absolute atomic E-state index is 0.0188. The second-order valence-electron chi connectivity index (χ2n) is 6.93. The van der Waals surface area contributed by atoms with Crippen LogP contribution in [0, 0.1) is 27.7 Å². The molecular weight excluding hydrogens is 306 g/mol. The second-order valence-corrected chi connectivity index (χ2v) is 6.93. The number of aliphatic hydroxyl groups is 1. The molecule has 132 valence electrons. The molecule has 1 aliphatic heterocycles. The van der Waals surface area contributed by atoms with E-state index in [1.165, 1.54) is 17.7 Å². The second kappa shape index (κ2) is 6.22. The molecule has 2 rings (SSSR count). The quantitative estimate of drug-likeness (QED) is 0.853. The van der Waals surface area contributed by atoms with E-state index in [1.54, 1.807) is 20.8 Å². The van der Waals surface area contributed by atoms with Crippen LogP contribution in [0.3, 0.4) is 0 Å². The van der Waals surface area contributed by atoms with E-state index in [9.17, 15) is 9.90 Å². The summed E-state index contributed by atoms with van der Waals surface area (Å²) in [6, 6.07) is 2.04. The number of hydroxylamine groups is 2. The number of carbonyl (C=O) groups is 1. The van der Waals surface area contributed by atoms with Crippen LogP contribution in [-0.2, 0) is 14.4 Å². The Bertz CT molecular complexity index is 719. The van der Waals surface area contributed by atoms with Gasteiger partial charge in [-0.1, -0.05) is 6.07 Å². The first kappa shape index (κ1) is 18.5. The summed E-state index contributed by atoms with van der Waals surface area (Å²) < 4.78 is 5.10. The van der Waals surface area contributed by atoms with Gasteiger partial charge < -0.3 is 9.84 Å². The third-order valence-corrected chi connectivity index (χ3v) is 4.91. The normalized spacial score (nSPS) is 18.5. The molecule has 1 heterocycles. The van der Waals surface area contributed by atoms with Gasteiger partial charge in [0.05, 0.1) is 5.57 Å². The predicted molar refractivity (Wildman–Crippen MR) is 93.4 cm³/mol. The number of methoxy groups -OCH3 is 1.